The molecule has 2 aromatic carbocycles. The van der Waals surface area contributed by atoms with Crippen LogP contribution in [0, 0.1) is 5.82 Å². The van der Waals surface area contributed by atoms with Gasteiger partial charge in [0.05, 0.1) is 0 Å². The first kappa shape index (κ1) is 10.6. The summed E-state index contributed by atoms with van der Waals surface area (Å²) in [5.74, 6) is -0.548. The summed E-state index contributed by atoms with van der Waals surface area (Å²) in [7, 11) is 3.30. The lowest BCUT2D eigenvalue weighted by molar-refractivity contribution is 0.0827. The lowest BCUT2D eigenvalue weighted by atomic mass is 10.1. The molecule has 0 N–H and O–H groups in total. The second kappa shape index (κ2) is 3.93. The molecule has 0 saturated carbocycles. The van der Waals surface area contributed by atoms with Gasteiger partial charge < -0.3 is 4.90 Å². The van der Waals surface area contributed by atoms with Gasteiger partial charge in [-0.3, -0.25) is 4.79 Å². The van der Waals surface area contributed by atoms with E-state index in [-0.39, 0.29) is 11.7 Å². The van der Waals surface area contributed by atoms with Crippen LogP contribution in [0.25, 0.3) is 10.8 Å². The van der Waals surface area contributed by atoms with Crippen LogP contribution >= 0.6 is 0 Å². The van der Waals surface area contributed by atoms with Crippen LogP contribution in [0.5, 0.6) is 0 Å². The zero-order valence-corrected chi connectivity index (χ0v) is 9.20. The van der Waals surface area contributed by atoms with E-state index in [9.17, 15) is 9.18 Å². The highest BCUT2D eigenvalue weighted by Crippen LogP contribution is 2.20. The van der Waals surface area contributed by atoms with Crippen molar-refractivity contribution < 1.29 is 9.18 Å². The van der Waals surface area contributed by atoms with Gasteiger partial charge in [0.1, 0.15) is 5.82 Å². The Bertz CT molecular complexity index is 549. The van der Waals surface area contributed by atoms with Crippen molar-refractivity contribution in [2.45, 2.75) is 0 Å². The van der Waals surface area contributed by atoms with Crippen molar-refractivity contribution in [3.63, 3.8) is 0 Å². The standard InChI is InChI=1S/C13H12FNO/c1-15(2)13(16)10-7-9-5-3-4-6-11(9)12(14)8-10/h3-8H,1-2H3. The smallest absolute Gasteiger partial charge is 0.253 e. The maximum absolute atomic E-state index is 13.7. The van der Waals surface area contributed by atoms with E-state index in [1.54, 1.807) is 38.4 Å². The lowest BCUT2D eigenvalue weighted by Gasteiger charge is -2.11. The Kier molecular flexibility index (Phi) is 2.60. The third-order valence-electron chi connectivity index (χ3n) is 2.46. The Labute approximate surface area is 93.3 Å². The van der Waals surface area contributed by atoms with Crippen LogP contribution in [0.2, 0.25) is 0 Å². The minimum absolute atomic E-state index is 0.190. The highest BCUT2D eigenvalue weighted by molar-refractivity contribution is 5.98. The largest absolute Gasteiger partial charge is 0.345 e. The number of carbonyl (C=O) groups is 1. The topological polar surface area (TPSA) is 20.3 Å². The monoisotopic (exact) mass is 217 g/mol. The summed E-state index contributed by atoms with van der Waals surface area (Å²) in [6.07, 6.45) is 0. The molecule has 16 heavy (non-hydrogen) atoms. The fourth-order valence-corrected chi connectivity index (χ4v) is 1.65. The van der Waals surface area contributed by atoms with Crippen molar-refractivity contribution in [3.05, 3.63) is 47.8 Å². The van der Waals surface area contributed by atoms with Crippen molar-refractivity contribution in [2.75, 3.05) is 14.1 Å². The van der Waals surface area contributed by atoms with E-state index in [1.807, 2.05) is 6.07 Å². The summed E-state index contributed by atoms with van der Waals surface area (Å²) in [6, 6.07) is 10.1. The van der Waals surface area contributed by atoms with E-state index >= 15 is 0 Å². The number of halogens is 1. The van der Waals surface area contributed by atoms with E-state index in [0.717, 1.165) is 5.39 Å². The van der Waals surface area contributed by atoms with Gasteiger partial charge in [-0.2, -0.15) is 0 Å². The summed E-state index contributed by atoms with van der Waals surface area (Å²) in [5, 5.41) is 1.28. The van der Waals surface area contributed by atoms with Gasteiger partial charge >= 0.3 is 0 Å². The van der Waals surface area contributed by atoms with Crippen LogP contribution in [0.3, 0.4) is 0 Å². The third kappa shape index (κ3) is 1.76. The Morgan fingerprint density at radius 1 is 1.19 bits per heavy atom. The minimum atomic E-state index is -0.358. The molecule has 2 nitrogen and oxygen atoms in total. The molecule has 82 valence electrons. The Balaban J connectivity index is 2.62. The first-order valence-corrected chi connectivity index (χ1v) is 4.99. The first-order valence-electron chi connectivity index (χ1n) is 4.99. The van der Waals surface area contributed by atoms with Crippen molar-refractivity contribution in [1.82, 2.24) is 4.90 Å². The van der Waals surface area contributed by atoms with Crippen LogP contribution in [0.15, 0.2) is 36.4 Å². The van der Waals surface area contributed by atoms with Crippen molar-refractivity contribution >= 4 is 16.7 Å². The lowest BCUT2D eigenvalue weighted by Crippen LogP contribution is -2.21. The molecule has 2 aromatic rings. The second-order valence-electron chi connectivity index (χ2n) is 3.88. The average Bonchev–Trinajstić information content (AvgIpc) is 2.28. The molecule has 3 heteroatoms. The fraction of sp³-hybridized carbons (Fsp3) is 0.154. The van der Waals surface area contributed by atoms with Gasteiger partial charge in [-0.1, -0.05) is 24.3 Å². The molecule has 0 aliphatic rings. The van der Waals surface area contributed by atoms with Crippen molar-refractivity contribution in [2.24, 2.45) is 0 Å². The molecule has 0 fully saturated rings. The Hall–Kier alpha value is -1.90. The average molecular weight is 217 g/mol. The molecule has 0 saturated heterocycles. The van der Waals surface area contributed by atoms with Gasteiger partial charge in [-0.25, -0.2) is 4.39 Å². The van der Waals surface area contributed by atoms with Crippen molar-refractivity contribution in [3.8, 4) is 0 Å². The summed E-state index contributed by atoms with van der Waals surface area (Å²) >= 11 is 0. The van der Waals surface area contributed by atoms with Crippen molar-refractivity contribution in [1.29, 1.82) is 0 Å². The molecule has 0 aliphatic carbocycles. The predicted molar refractivity (Wildman–Crippen MR) is 61.9 cm³/mol. The molecule has 0 aliphatic heterocycles. The highest BCUT2D eigenvalue weighted by atomic mass is 19.1. The van der Waals surface area contributed by atoms with Gasteiger partial charge in [0, 0.05) is 25.0 Å². The maximum Gasteiger partial charge on any atom is 0.253 e. The number of hydrogen-bond acceptors (Lipinski definition) is 1. The van der Waals surface area contributed by atoms with Crippen LogP contribution in [-0.2, 0) is 0 Å². The molecular formula is C13H12FNO. The van der Waals surface area contributed by atoms with Crippen LogP contribution in [-0.4, -0.2) is 24.9 Å². The number of fused-ring (bicyclic) bond motifs is 1. The molecule has 1 amide bonds. The second-order valence-corrected chi connectivity index (χ2v) is 3.88. The first-order chi connectivity index (χ1) is 7.59. The third-order valence-corrected chi connectivity index (χ3v) is 2.46. The molecule has 2 rings (SSSR count). The van der Waals surface area contributed by atoms with E-state index in [4.69, 9.17) is 0 Å². The molecule has 0 spiro atoms. The molecule has 0 bridgehead atoms. The van der Waals surface area contributed by atoms with Gasteiger partial charge in [0.2, 0.25) is 0 Å². The zero-order valence-electron chi connectivity index (χ0n) is 9.20. The minimum Gasteiger partial charge on any atom is -0.345 e. The van der Waals surface area contributed by atoms with Gasteiger partial charge in [-0.15, -0.1) is 0 Å². The highest BCUT2D eigenvalue weighted by Gasteiger charge is 2.11. The summed E-state index contributed by atoms with van der Waals surface area (Å²) in [6.45, 7) is 0. The van der Waals surface area contributed by atoms with Crippen LogP contribution < -0.4 is 0 Å². The number of nitrogens with zero attached hydrogens (tertiary/aromatic N) is 1. The summed E-state index contributed by atoms with van der Waals surface area (Å²) in [4.78, 5) is 13.1. The number of hydrogen-bond donors (Lipinski definition) is 0. The molecule has 0 atom stereocenters. The number of carbonyl (C=O) groups excluding carboxylic acids is 1. The normalized spacial score (nSPS) is 10.4. The van der Waals surface area contributed by atoms with Gasteiger partial charge in [-0.05, 0) is 17.5 Å². The quantitative estimate of drug-likeness (QED) is 0.719. The van der Waals surface area contributed by atoms with Gasteiger partial charge in [0.15, 0.2) is 0 Å². The van der Waals surface area contributed by atoms with E-state index in [1.165, 1.54) is 11.0 Å². The van der Waals surface area contributed by atoms with E-state index in [2.05, 4.69) is 0 Å². The Morgan fingerprint density at radius 2 is 1.88 bits per heavy atom. The molecule has 0 aromatic heterocycles. The molecule has 0 radical (unpaired) electrons. The van der Waals surface area contributed by atoms with Crippen LogP contribution in [0.4, 0.5) is 4.39 Å². The number of amides is 1. The van der Waals surface area contributed by atoms with Gasteiger partial charge in [0.25, 0.3) is 5.91 Å². The molecule has 0 heterocycles. The number of rotatable bonds is 1. The fourth-order valence-electron chi connectivity index (χ4n) is 1.65. The summed E-state index contributed by atoms with van der Waals surface area (Å²) < 4.78 is 13.7. The predicted octanol–water partition coefficient (Wildman–Crippen LogP) is 2.68. The zero-order chi connectivity index (χ0) is 11.7. The molecule has 0 unspecified atom stereocenters. The van der Waals surface area contributed by atoms with E-state index in [0.29, 0.717) is 10.9 Å². The van der Waals surface area contributed by atoms with Crippen LogP contribution in [0.1, 0.15) is 10.4 Å². The van der Waals surface area contributed by atoms with E-state index < -0.39 is 0 Å². The summed E-state index contributed by atoms with van der Waals surface area (Å²) in [5.41, 5.74) is 0.376. The molecular weight excluding hydrogens is 205 g/mol. The Morgan fingerprint density at radius 3 is 2.56 bits per heavy atom. The SMILES string of the molecule is CN(C)C(=O)c1cc(F)c2ccccc2c1. The maximum atomic E-state index is 13.7. The number of benzene rings is 2.